The molecule has 0 bridgehead atoms. The Balaban J connectivity index is 2.02. The molecule has 0 saturated heterocycles. The zero-order chi connectivity index (χ0) is 40.6. The van der Waals surface area contributed by atoms with Gasteiger partial charge in [0.1, 0.15) is 12.1 Å². The highest BCUT2D eigenvalue weighted by molar-refractivity contribution is 5.90. The highest BCUT2D eigenvalue weighted by Gasteiger charge is 2.25. The van der Waals surface area contributed by atoms with Crippen molar-refractivity contribution in [2.24, 2.45) is 11.8 Å². The summed E-state index contributed by atoms with van der Waals surface area (Å²) in [4.78, 5) is 73.0. The minimum Gasteiger partial charge on any atom is -0.481 e. The highest BCUT2D eigenvalue weighted by atomic mass is 16.4. The summed E-state index contributed by atoms with van der Waals surface area (Å²) >= 11 is 0. The van der Waals surface area contributed by atoms with E-state index in [1.807, 2.05) is 55.5 Å². The molecule has 0 spiro atoms. The molecule has 7 N–H and O–H groups in total. The molecule has 0 aromatic heterocycles. The van der Waals surface area contributed by atoms with Crippen LogP contribution in [-0.4, -0.2) is 77.5 Å². The largest absolute Gasteiger partial charge is 0.481 e. The zero-order valence-electron chi connectivity index (χ0n) is 33.1. The first-order valence-corrected chi connectivity index (χ1v) is 19.8. The van der Waals surface area contributed by atoms with Gasteiger partial charge >= 0.3 is 11.9 Å². The summed E-state index contributed by atoms with van der Waals surface area (Å²) in [6, 6.07) is 12.8. The number of benzene rings is 2. The van der Waals surface area contributed by atoms with Crippen LogP contribution < -0.4 is 26.6 Å². The smallest absolute Gasteiger partial charge is 0.326 e. The van der Waals surface area contributed by atoms with Gasteiger partial charge in [0, 0.05) is 44.3 Å². The van der Waals surface area contributed by atoms with E-state index in [2.05, 4.69) is 40.4 Å². The van der Waals surface area contributed by atoms with E-state index in [1.54, 1.807) is 0 Å². The zero-order valence-corrected chi connectivity index (χ0v) is 33.1. The molecule has 0 fully saturated rings. The van der Waals surface area contributed by atoms with E-state index in [0.717, 1.165) is 23.2 Å². The molecule has 13 nitrogen and oxygen atoms in total. The number of rotatable bonds is 28. The highest BCUT2D eigenvalue weighted by Crippen LogP contribution is 2.22. The van der Waals surface area contributed by atoms with Crippen LogP contribution in [0.1, 0.15) is 110 Å². The average molecular weight is 766 g/mol. The molecule has 2 aromatic rings. The molecule has 2 aromatic carbocycles. The molecule has 0 aliphatic heterocycles. The molecule has 0 heterocycles. The van der Waals surface area contributed by atoms with Crippen molar-refractivity contribution in [3.8, 4) is 11.1 Å². The molecule has 4 atom stereocenters. The van der Waals surface area contributed by atoms with Gasteiger partial charge in [0.2, 0.25) is 23.6 Å². The van der Waals surface area contributed by atoms with E-state index < -0.39 is 35.8 Å². The lowest BCUT2D eigenvalue weighted by molar-refractivity contribution is -0.142. The third-order valence-electron chi connectivity index (χ3n) is 9.47. The van der Waals surface area contributed by atoms with E-state index in [-0.39, 0.29) is 56.4 Å². The quantitative estimate of drug-likeness (QED) is 0.0533. The Morgan fingerprint density at radius 3 is 1.93 bits per heavy atom. The molecule has 55 heavy (non-hydrogen) atoms. The number of nitrogens with one attached hydrogen (secondary N) is 5. The average Bonchev–Trinajstić information content (AvgIpc) is 3.14. The van der Waals surface area contributed by atoms with Crippen molar-refractivity contribution >= 4 is 41.3 Å². The lowest BCUT2D eigenvalue weighted by atomic mass is 9.99. The third kappa shape index (κ3) is 19.9. The Hall–Kier alpha value is -4.78. The van der Waals surface area contributed by atoms with E-state index >= 15 is 0 Å². The van der Waals surface area contributed by atoms with Gasteiger partial charge in [-0.2, -0.15) is 0 Å². The van der Waals surface area contributed by atoms with Gasteiger partial charge in [0.25, 0.3) is 0 Å². The fraction of sp³-hybridized carbons (Fsp3) is 0.571. The number of carboxylic acid groups (broad SMARTS) is 2. The topological polar surface area (TPSA) is 203 Å². The maximum Gasteiger partial charge on any atom is 0.326 e. The Kier molecular flexibility index (Phi) is 22.0. The summed E-state index contributed by atoms with van der Waals surface area (Å²) in [5.41, 5.74) is 3.35. The lowest BCUT2D eigenvalue weighted by Crippen LogP contribution is -2.50. The Labute approximate surface area is 326 Å². The van der Waals surface area contributed by atoms with Gasteiger partial charge in [0.15, 0.2) is 0 Å². The van der Waals surface area contributed by atoms with Crippen LogP contribution >= 0.6 is 0 Å². The number of carbonyl (C=O) groups is 6. The predicted molar refractivity (Wildman–Crippen MR) is 214 cm³/mol. The van der Waals surface area contributed by atoms with Gasteiger partial charge in [-0.05, 0) is 73.5 Å². The van der Waals surface area contributed by atoms with E-state index in [1.165, 1.54) is 51.9 Å². The van der Waals surface area contributed by atoms with Crippen molar-refractivity contribution in [3.05, 3.63) is 54.1 Å². The minimum absolute atomic E-state index is 0.0738. The van der Waals surface area contributed by atoms with E-state index in [9.17, 15) is 33.9 Å². The van der Waals surface area contributed by atoms with Crippen molar-refractivity contribution in [2.75, 3.05) is 25.0 Å². The standard InChI is InChI=1S/C42H63N5O8/c1-5-6-7-8-9-10-12-29(2)28-43-25-23-30(3)40(52)47-37(41(53)44-26-24-36(42(54)55)46-38(49)13-11-14-39(50)51)27-32-15-17-33(18-16-32)34-19-21-35(22-20-34)45-31(4)48/h15-22,29-30,36-37,43H,5-14,23-28H2,1-4H3,(H,44,53)(H,45,48)(H,46,49)(H,47,52)(H,50,51)(H,54,55)/t29-,30-,36+,37+/m0/s1. The molecule has 2 rings (SSSR count). The summed E-state index contributed by atoms with van der Waals surface area (Å²) < 4.78 is 0. The summed E-state index contributed by atoms with van der Waals surface area (Å²) in [6.07, 6.45) is 9.20. The predicted octanol–water partition coefficient (Wildman–Crippen LogP) is 5.67. The lowest BCUT2D eigenvalue weighted by Gasteiger charge is -2.22. The van der Waals surface area contributed by atoms with Crippen LogP contribution in [-0.2, 0) is 35.2 Å². The maximum atomic E-state index is 13.5. The van der Waals surface area contributed by atoms with Crippen LogP contribution in [0, 0.1) is 11.8 Å². The Morgan fingerprint density at radius 1 is 0.673 bits per heavy atom. The third-order valence-corrected chi connectivity index (χ3v) is 9.47. The van der Waals surface area contributed by atoms with Crippen molar-refractivity contribution in [3.63, 3.8) is 0 Å². The molecule has 0 saturated carbocycles. The summed E-state index contributed by atoms with van der Waals surface area (Å²) in [5, 5.41) is 32.7. The molecule has 304 valence electrons. The van der Waals surface area contributed by atoms with Gasteiger partial charge in [-0.1, -0.05) is 95.7 Å². The summed E-state index contributed by atoms with van der Waals surface area (Å²) in [7, 11) is 0. The number of amides is 4. The monoisotopic (exact) mass is 765 g/mol. The molecule has 0 aliphatic rings. The van der Waals surface area contributed by atoms with Gasteiger partial charge in [-0.3, -0.25) is 24.0 Å². The van der Waals surface area contributed by atoms with Crippen molar-refractivity contribution in [2.45, 2.75) is 123 Å². The summed E-state index contributed by atoms with van der Waals surface area (Å²) in [6.45, 7) is 9.20. The SMILES string of the molecule is CCCCCCCC[C@H](C)CNCC[C@H](C)C(=O)N[C@H](Cc1ccc(-c2ccc(NC(C)=O)cc2)cc1)C(=O)NCC[C@@H](NC(=O)CCCC(=O)O)C(=O)O. The Morgan fingerprint density at radius 2 is 1.31 bits per heavy atom. The first-order chi connectivity index (χ1) is 26.3. The van der Waals surface area contributed by atoms with Crippen molar-refractivity contribution < 1.29 is 39.0 Å². The maximum absolute atomic E-state index is 13.5. The number of hydrogen-bond donors (Lipinski definition) is 7. The first-order valence-electron chi connectivity index (χ1n) is 19.8. The second-order valence-electron chi connectivity index (χ2n) is 14.6. The molecule has 4 amide bonds. The van der Waals surface area contributed by atoms with Crippen LogP contribution in [0.2, 0.25) is 0 Å². The second kappa shape index (κ2) is 26.1. The van der Waals surface area contributed by atoms with Gasteiger partial charge in [-0.25, -0.2) is 4.79 Å². The van der Waals surface area contributed by atoms with Crippen LogP contribution in [0.25, 0.3) is 11.1 Å². The number of hydrogen-bond acceptors (Lipinski definition) is 7. The fourth-order valence-corrected chi connectivity index (χ4v) is 6.10. The number of aliphatic carboxylic acids is 2. The molecule has 13 heteroatoms. The van der Waals surface area contributed by atoms with Crippen LogP contribution in [0.5, 0.6) is 0 Å². The first kappa shape index (κ1) is 46.4. The number of carbonyl (C=O) groups excluding carboxylic acids is 4. The minimum atomic E-state index is -1.29. The van der Waals surface area contributed by atoms with E-state index in [0.29, 0.717) is 24.6 Å². The van der Waals surface area contributed by atoms with Crippen molar-refractivity contribution in [1.29, 1.82) is 0 Å². The van der Waals surface area contributed by atoms with Gasteiger partial charge < -0.3 is 36.8 Å². The number of unbranched alkanes of at least 4 members (excludes halogenated alkanes) is 5. The van der Waals surface area contributed by atoms with Crippen LogP contribution in [0.4, 0.5) is 5.69 Å². The molecular formula is C42H63N5O8. The second-order valence-corrected chi connectivity index (χ2v) is 14.6. The summed E-state index contributed by atoms with van der Waals surface area (Å²) in [5.74, 6) is -3.66. The molecule has 0 radical (unpaired) electrons. The van der Waals surface area contributed by atoms with E-state index in [4.69, 9.17) is 5.11 Å². The molecule has 0 aliphatic carbocycles. The van der Waals surface area contributed by atoms with Crippen molar-refractivity contribution in [1.82, 2.24) is 21.3 Å². The number of anilines is 1. The van der Waals surface area contributed by atoms with Crippen LogP contribution in [0.15, 0.2) is 48.5 Å². The Bertz CT molecular complexity index is 1500. The fourth-order valence-electron chi connectivity index (χ4n) is 6.10. The van der Waals surface area contributed by atoms with Gasteiger partial charge in [-0.15, -0.1) is 0 Å². The molecular weight excluding hydrogens is 702 g/mol. The molecule has 0 unspecified atom stereocenters. The van der Waals surface area contributed by atoms with Crippen LogP contribution in [0.3, 0.4) is 0 Å². The number of carboxylic acids is 2. The van der Waals surface area contributed by atoms with Gasteiger partial charge in [0.05, 0.1) is 0 Å². The normalized spacial score (nSPS) is 13.2.